The number of nitrogens with one attached hydrogen (secondary N) is 1. The fraction of sp³-hybridized carbons (Fsp3) is 0.412. The summed E-state index contributed by atoms with van der Waals surface area (Å²) in [6, 6.07) is 8.00. The standard InChI is InChI=1S/C17H19N3O/c1-11(2)6-13-7-12(10-18)8-14-9-15-17(21)19-4-3-5-20(15)16(13)14/h7-9,11H,3-6H2,1-2H3,(H,19,21). The zero-order chi connectivity index (χ0) is 15.0. The molecule has 0 unspecified atom stereocenters. The van der Waals surface area contributed by atoms with Gasteiger partial charge in [-0.05, 0) is 42.5 Å². The minimum atomic E-state index is -0.0160. The van der Waals surface area contributed by atoms with Gasteiger partial charge in [0.25, 0.3) is 5.91 Å². The first-order valence-electron chi connectivity index (χ1n) is 7.44. The van der Waals surface area contributed by atoms with Gasteiger partial charge in [0.15, 0.2) is 0 Å². The number of aryl methyl sites for hydroxylation is 1. The van der Waals surface area contributed by atoms with Crippen LogP contribution in [0.2, 0.25) is 0 Å². The minimum absolute atomic E-state index is 0.0160. The van der Waals surface area contributed by atoms with E-state index in [1.807, 2.05) is 18.2 Å². The Hall–Kier alpha value is -2.28. The van der Waals surface area contributed by atoms with Crippen molar-refractivity contribution in [1.82, 2.24) is 9.88 Å². The second-order valence-electron chi connectivity index (χ2n) is 6.07. The molecule has 3 rings (SSSR count). The van der Waals surface area contributed by atoms with Gasteiger partial charge in [-0.2, -0.15) is 5.26 Å². The van der Waals surface area contributed by atoms with Crippen LogP contribution in [-0.4, -0.2) is 17.0 Å². The molecule has 2 heterocycles. The molecule has 21 heavy (non-hydrogen) atoms. The highest BCUT2D eigenvalue weighted by molar-refractivity contribution is 6.00. The third-order valence-corrected chi connectivity index (χ3v) is 3.91. The molecule has 0 saturated heterocycles. The van der Waals surface area contributed by atoms with E-state index in [1.54, 1.807) is 0 Å². The van der Waals surface area contributed by atoms with Crippen molar-refractivity contribution in [2.45, 2.75) is 33.2 Å². The van der Waals surface area contributed by atoms with Crippen LogP contribution in [-0.2, 0) is 13.0 Å². The van der Waals surface area contributed by atoms with Crippen molar-refractivity contribution in [2.75, 3.05) is 6.54 Å². The smallest absolute Gasteiger partial charge is 0.267 e. The molecule has 1 aromatic carbocycles. The number of benzene rings is 1. The number of nitriles is 1. The number of carbonyl (C=O) groups is 1. The van der Waals surface area contributed by atoms with Crippen LogP contribution in [0.4, 0.5) is 0 Å². The van der Waals surface area contributed by atoms with Crippen LogP contribution in [0.3, 0.4) is 0 Å². The molecule has 1 amide bonds. The number of amides is 1. The maximum atomic E-state index is 12.2. The molecular weight excluding hydrogens is 262 g/mol. The van der Waals surface area contributed by atoms with Gasteiger partial charge in [-0.25, -0.2) is 0 Å². The van der Waals surface area contributed by atoms with Crippen molar-refractivity contribution in [2.24, 2.45) is 5.92 Å². The zero-order valence-corrected chi connectivity index (χ0v) is 12.4. The molecule has 0 fully saturated rings. The number of fused-ring (bicyclic) bond motifs is 3. The summed E-state index contributed by atoms with van der Waals surface area (Å²) in [4.78, 5) is 12.2. The number of nitrogens with zero attached hydrogens (tertiary/aromatic N) is 2. The quantitative estimate of drug-likeness (QED) is 0.920. The summed E-state index contributed by atoms with van der Waals surface area (Å²) in [6.07, 6.45) is 1.85. The molecule has 0 aliphatic carbocycles. The van der Waals surface area contributed by atoms with Crippen molar-refractivity contribution in [3.05, 3.63) is 35.0 Å². The number of aromatic nitrogens is 1. The second-order valence-corrected chi connectivity index (χ2v) is 6.07. The average molecular weight is 281 g/mol. The van der Waals surface area contributed by atoms with Crippen molar-refractivity contribution in [3.63, 3.8) is 0 Å². The Labute approximate surface area is 124 Å². The van der Waals surface area contributed by atoms with Gasteiger partial charge in [-0.3, -0.25) is 4.79 Å². The molecule has 0 saturated carbocycles. The minimum Gasteiger partial charge on any atom is -0.351 e. The van der Waals surface area contributed by atoms with E-state index in [0.717, 1.165) is 36.8 Å². The van der Waals surface area contributed by atoms with E-state index in [2.05, 4.69) is 29.8 Å². The maximum absolute atomic E-state index is 12.2. The normalized spacial score (nSPS) is 14.7. The largest absolute Gasteiger partial charge is 0.351 e. The van der Waals surface area contributed by atoms with Gasteiger partial charge in [0.2, 0.25) is 0 Å². The zero-order valence-electron chi connectivity index (χ0n) is 12.4. The number of carbonyl (C=O) groups excluding carboxylic acids is 1. The molecule has 4 heteroatoms. The SMILES string of the molecule is CC(C)Cc1cc(C#N)cc2cc3n(c12)CCCNC3=O. The van der Waals surface area contributed by atoms with Crippen molar-refractivity contribution < 1.29 is 4.79 Å². The lowest BCUT2D eigenvalue weighted by Crippen LogP contribution is -2.22. The van der Waals surface area contributed by atoms with Gasteiger partial charge in [-0.15, -0.1) is 0 Å². The van der Waals surface area contributed by atoms with Crippen LogP contribution in [0.15, 0.2) is 18.2 Å². The van der Waals surface area contributed by atoms with Crippen LogP contribution in [0.1, 0.15) is 41.9 Å². The lowest BCUT2D eigenvalue weighted by molar-refractivity contribution is 0.0951. The third-order valence-electron chi connectivity index (χ3n) is 3.91. The molecule has 0 radical (unpaired) electrons. The summed E-state index contributed by atoms with van der Waals surface area (Å²) >= 11 is 0. The molecule has 0 spiro atoms. The van der Waals surface area contributed by atoms with Crippen molar-refractivity contribution >= 4 is 16.8 Å². The first kappa shape index (κ1) is 13.7. The molecule has 2 aromatic rings. The fourth-order valence-electron chi connectivity index (χ4n) is 3.11. The summed E-state index contributed by atoms with van der Waals surface area (Å²) in [7, 11) is 0. The molecule has 4 nitrogen and oxygen atoms in total. The first-order chi connectivity index (χ1) is 10.1. The number of hydrogen-bond donors (Lipinski definition) is 1. The van der Waals surface area contributed by atoms with E-state index in [1.165, 1.54) is 5.56 Å². The Kier molecular flexibility index (Phi) is 3.42. The predicted molar refractivity (Wildman–Crippen MR) is 82.1 cm³/mol. The van der Waals surface area contributed by atoms with Gasteiger partial charge in [0, 0.05) is 18.5 Å². The van der Waals surface area contributed by atoms with Gasteiger partial charge in [-0.1, -0.05) is 13.8 Å². The lowest BCUT2D eigenvalue weighted by Gasteiger charge is -2.12. The molecule has 1 aromatic heterocycles. The highest BCUT2D eigenvalue weighted by atomic mass is 16.1. The van der Waals surface area contributed by atoms with Gasteiger partial charge in [0.05, 0.1) is 17.1 Å². The Balaban J connectivity index is 2.28. The number of rotatable bonds is 2. The Morgan fingerprint density at radius 1 is 1.38 bits per heavy atom. The highest BCUT2D eigenvalue weighted by Gasteiger charge is 2.20. The average Bonchev–Trinajstić information content (AvgIpc) is 2.72. The topological polar surface area (TPSA) is 57.8 Å². The van der Waals surface area contributed by atoms with E-state index in [0.29, 0.717) is 17.2 Å². The summed E-state index contributed by atoms with van der Waals surface area (Å²) in [6.45, 7) is 5.90. The summed E-state index contributed by atoms with van der Waals surface area (Å²) in [5, 5.41) is 13.1. The molecular formula is C17H19N3O. The first-order valence-corrected chi connectivity index (χ1v) is 7.44. The van der Waals surface area contributed by atoms with Crippen molar-refractivity contribution in [3.8, 4) is 6.07 Å². The Morgan fingerprint density at radius 2 is 2.19 bits per heavy atom. The molecule has 0 atom stereocenters. The fourth-order valence-corrected chi connectivity index (χ4v) is 3.11. The van der Waals surface area contributed by atoms with Crippen molar-refractivity contribution in [1.29, 1.82) is 5.26 Å². The third kappa shape index (κ3) is 2.40. The lowest BCUT2D eigenvalue weighted by atomic mass is 9.98. The Bertz CT molecular complexity index is 749. The molecule has 1 aliphatic rings. The van der Waals surface area contributed by atoms with Crippen LogP contribution >= 0.6 is 0 Å². The summed E-state index contributed by atoms with van der Waals surface area (Å²) < 4.78 is 2.12. The maximum Gasteiger partial charge on any atom is 0.267 e. The van der Waals surface area contributed by atoms with Crippen LogP contribution < -0.4 is 5.32 Å². The second kappa shape index (κ2) is 5.25. The summed E-state index contributed by atoms with van der Waals surface area (Å²) in [5.74, 6) is 0.491. The monoisotopic (exact) mass is 281 g/mol. The van der Waals surface area contributed by atoms with E-state index in [4.69, 9.17) is 0 Å². The predicted octanol–water partition coefficient (Wildman–Crippen LogP) is 2.84. The van der Waals surface area contributed by atoms with E-state index in [9.17, 15) is 10.1 Å². The van der Waals surface area contributed by atoms with Crippen LogP contribution in [0.25, 0.3) is 10.9 Å². The molecule has 1 aliphatic heterocycles. The molecule has 0 bridgehead atoms. The van der Waals surface area contributed by atoms with E-state index in [-0.39, 0.29) is 5.91 Å². The van der Waals surface area contributed by atoms with Gasteiger partial charge < -0.3 is 9.88 Å². The van der Waals surface area contributed by atoms with E-state index >= 15 is 0 Å². The van der Waals surface area contributed by atoms with Crippen LogP contribution in [0.5, 0.6) is 0 Å². The van der Waals surface area contributed by atoms with Gasteiger partial charge >= 0.3 is 0 Å². The van der Waals surface area contributed by atoms with E-state index < -0.39 is 0 Å². The number of hydrogen-bond acceptors (Lipinski definition) is 2. The highest BCUT2D eigenvalue weighted by Crippen LogP contribution is 2.28. The molecule has 1 N–H and O–H groups in total. The molecule has 108 valence electrons. The van der Waals surface area contributed by atoms with Gasteiger partial charge in [0.1, 0.15) is 5.69 Å². The van der Waals surface area contributed by atoms with Crippen LogP contribution in [0, 0.1) is 17.2 Å². The Morgan fingerprint density at radius 3 is 2.90 bits per heavy atom. The summed E-state index contributed by atoms with van der Waals surface area (Å²) in [5.41, 5.74) is 3.66.